The smallest absolute Gasteiger partial charge is 0.475 e. The van der Waals surface area contributed by atoms with Gasteiger partial charge >= 0.3 is 12.1 Å². The van der Waals surface area contributed by atoms with E-state index in [-0.39, 0.29) is 16.4 Å². The number of nitrogens with zero attached hydrogens (tertiary/aromatic N) is 2. The number of non-ortho nitro benzene ring substituents is 1. The van der Waals surface area contributed by atoms with Gasteiger partial charge in [-0.15, -0.1) is 0 Å². The minimum absolute atomic E-state index is 0.0653. The highest BCUT2D eigenvalue weighted by atomic mass is 32.2. The molecule has 40 heavy (non-hydrogen) atoms. The van der Waals surface area contributed by atoms with Gasteiger partial charge in [-0.2, -0.15) is 13.2 Å². The van der Waals surface area contributed by atoms with Crippen LogP contribution in [0, 0.1) is 10.1 Å². The topological polar surface area (TPSA) is 172 Å². The van der Waals surface area contributed by atoms with E-state index in [0.717, 1.165) is 36.2 Å². The molecule has 1 aromatic heterocycles. The monoisotopic (exact) mass is 584 g/mol. The predicted octanol–water partition coefficient (Wildman–Crippen LogP) is 5.18. The summed E-state index contributed by atoms with van der Waals surface area (Å²) in [6.07, 6.45) is -0.230. The summed E-state index contributed by atoms with van der Waals surface area (Å²) in [6, 6.07) is 13.7. The van der Waals surface area contributed by atoms with Gasteiger partial charge in [-0.3, -0.25) is 10.1 Å². The number of H-pyrrole nitrogens is 1. The summed E-state index contributed by atoms with van der Waals surface area (Å²) in [6.45, 7) is 1.55. The summed E-state index contributed by atoms with van der Waals surface area (Å²) < 4.78 is 60.4. The zero-order chi connectivity index (χ0) is 29.9. The lowest BCUT2D eigenvalue weighted by Gasteiger charge is -2.17. The van der Waals surface area contributed by atoms with Gasteiger partial charge in [-0.05, 0) is 37.5 Å². The molecule has 0 bridgehead atoms. The Morgan fingerprint density at radius 3 is 2.20 bits per heavy atom. The number of unbranched alkanes of at least 4 members (excludes halogenated alkanes) is 2. The summed E-state index contributed by atoms with van der Waals surface area (Å²) in [5, 5.41) is 18.0. The number of hydrogen-bond acceptors (Lipinski definition) is 7. The Labute approximate surface area is 227 Å². The normalized spacial score (nSPS) is 12.2. The largest absolute Gasteiger partial charge is 0.490 e. The molecule has 0 spiro atoms. The number of alkyl halides is 3. The number of aromatic nitrogens is 2. The van der Waals surface area contributed by atoms with E-state index in [4.69, 9.17) is 9.90 Å². The second-order valence-corrected chi connectivity index (χ2v) is 10.3. The number of carbonyl (C=O) groups excluding carboxylic acids is 1. The second kappa shape index (κ2) is 14.3. The van der Waals surface area contributed by atoms with E-state index in [1.165, 1.54) is 12.1 Å². The highest BCUT2D eigenvalue weighted by Gasteiger charge is 2.38. The highest BCUT2D eigenvalue weighted by Crippen LogP contribution is 2.25. The van der Waals surface area contributed by atoms with Crippen LogP contribution in [0.4, 0.5) is 18.9 Å². The lowest BCUT2D eigenvalue weighted by molar-refractivity contribution is -0.384. The number of sulfonamides is 1. The third-order valence-corrected chi connectivity index (χ3v) is 6.92. The van der Waals surface area contributed by atoms with Crippen LogP contribution in [0.1, 0.15) is 50.9 Å². The van der Waals surface area contributed by atoms with Crippen molar-refractivity contribution in [1.29, 1.82) is 0 Å². The molecule has 3 rings (SSSR count). The third-order valence-electron chi connectivity index (χ3n) is 5.43. The molecule has 0 amide bonds. The fraction of sp³-hybridized carbons (Fsp3) is 0.320. The van der Waals surface area contributed by atoms with Crippen molar-refractivity contribution in [2.75, 3.05) is 0 Å². The van der Waals surface area contributed by atoms with Gasteiger partial charge in [-0.25, -0.2) is 22.9 Å². The average molecular weight is 585 g/mol. The molecular weight excluding hydrogens is 557 g/mol. The Bertz CT molecular complexity index is 1390. The molecule has 0 unspecified atom stereocenters. The average Bonchev–Trinajstić information content (AvgIpc) is 3.38. The number of nitrogens with one attached hydrogen (secondary N) is 2. The van der Waals surface area contributed by atoms with E-state index in [2.05, 4.69) is 14.7 Å². The first-order chi connectivity index (χ1) is 18.7. The first kappa shape index (κ1) is 32.1. The maximum atomic E-state index is 13.0. The van der Waals surface area contributed by atoms with E-state index in [1.807, 2.05) is 30.3 Å². The number of nitro groups is 1. The Kier molecular flexibility index (Phi) is 11.5. The Morgan fingerprint density at radius 1 is 1.07 bits per heavy atom. The molecule has 1 atom stereocenters. The molecule has 0 aliphatic carbocycles. The number of ketones is 1. The van der Waals surface area contributed by atoms with Crippen molar-refractivity contribution in [1.82, 2.24) is 14.7 Å². The lowest BCUT2D eigenvalue weighted by Crippen LogP contribution is -2.29. The first-order valence-electron chi connectivity index (χ1n) is 11.9. The van der Waals surface area contributed by atoms with Crippen LogP contribution < -0.4 is 4.72 Å². The van der Waals surface area contributed by atoms with Crippen LogP contribution in [0.25, 0.3) is 11.3 Å². The van der Waals surface area contributed by atoms with E-state index in [9.17, 15) is 36.5 Å². The van der Waals surface area contributed by atoms with Crippen LogP contribution in [0.2, 0.25) is 0 Å². The molecule has 0 aliphatic rings. The number of carbonyl (C=O) groups is 2. The number of Topliss-reactive ketones (excluding diaryl/α,β-unsaturated/α-hetero) is 1. The molecule has 1 heterocycles. The van der Waals surface area contributed by atoms with Crippen LogP contribution in [-0.2, 0) is 19.6 Å². The summed E-state index contributed by atoms with van der Waals surface area (Å²) in [7, 11) is -3.95. The molecule has 0 saturated heterocycles. The van der Waals surface area contributed by atoms with E-state index >= 15 is 0 Å². The molecule has 15 heteroatoms. The van der Waals surface area contributed by atoms with Crippen LogP contribution in [0.15, 0.2) is 65.7 Å². The summed E-state index contributed by atoms with van der Waals surface area (Å²) in [4.78, 5) is 37.9. The van der Waals surface area contributed by atoms with Gasteiger partial charge in [-0.1, -0.05) is 43.2 Å². The number of carboxylic acids is 1. The van der Waals surface area contributed by atoms with E-state index in [0.29, 0.717) is 25.1 Å². The zero-order valence-corrected chi connectivity index (χ0v) is 22.0. The molecule has 2 aromatic carbocycles. The maximum Gasteiger partial charge on any atom is 0.490 e. The summed E-state index contributed by atoms with van der Waals surface area (Å²) in [5.74, 6) is -2.15. The Hall–Kier alpha value is -4.11. The second-order valence-electron chi connectivity index (χ2n) is 8.58. The van der Waals surface area contributed by atoms with Crippen molar-refractivity contribution in [3.05, 3.63) is 76.7 Å². The number of imidazole rings is 1. The van der Waals surface area contributed by atoms with Crippen molar-refractivity contribution in [2.45, 2.75) is 56.1 Å². The minimum Gasteiger partial charge on any atom is -0.475 e. The number of halogens is 3. The van der Waals surface area contributed by atoms with E-state index in [1.54, 1.807) is 13.1 Å². The minimum atomic E-state index is -5.08. The number of aromatic amines is 1. The molecule has 3 aromatic rings. The van der Waals surface area contributed by atoms with E-state index < -0.39 is 33.1 Å². The molecule has 3 N–H and O–H groups in total. The Morgan fingerprint density at radius 2 is 1.68 bits per heavy atom. The van der Waals surface area contributed by atoms with Gasteiger partial charge in [0.25, 0.3) is 5.69 Å². The van der Waals surface area contributed by atoms with Gasteiger partial charge in [0.15, 0.2) is 0 Å². The molecule has 11 nitrogen and oxygen atoms in total. The number of carboxylic acid groups (broad SMARTS) is 1. The predicted molar refractivity (Wildman–Crippen MR) is 138 cm³/mol. The van der Waals surface area contributed by atoms with Gasteiger partial charge < -0.3 is 14.9 Å². The van der Waals surface area contributed by atoms with Gasteiger partial charge in [0.2, 0.25) is 10.0 Å². The number of hydrogen-bond donors (Lipinski definition) is 3. The third kappa shape index (κ3) is 10.2. The van der Waals surface area contributed by atoms with Crippen molar-refractivity contribution < 1.29 is 41.2 Å². The van der Waals surface area contributed by atoms with Crippen LogP contribution >= 0.6 is 0 Å². The SMILES string of the molecule is CC(=O)CCCCC[C@H](NS(=O)(=O)c1ccc([N+](=O)[O-])cc1)c1ncc(-c2ccccc2)[nH]1.O=C(O)C(F)(F)F. The zero-order valence-electron chi connectivity index (χ0n) is 21.2. The van der Waals surface area contributed by atoms with Gasteiger partial charge in [0.1, 0.15) is 11.6 Å². The van der Waals surface area contributed by atoms with Crippen molar-refractivity contribution >= 4 is 27.5 Å². The first-order valence-corrected chi connectivity index (χ1v) is 13.4. The standard InChI is InChI=1S/C23H26N4O5S.C2HF3O2/c1-17(28)8-4-2-7-11-21(23-24-16-22(25-23)18-9-5-3-6-10-18)26-33(31,32)20-14-12-19(13-15-20)27(29)30;3-2(4,5)1(6)7/h3,5-6,9-10,12-16,21,26H,2,4,7-8,11H2,1H3,(H,24,25);(H,6,7)/t21-;/m0./s1. The Balaban J connectivity index is 0.000000708. The van der Waals surface area contributed by atoms with Crippen LogP contribution in [0.3, 0.4) is 0 Å². The highest BCUT2D eigenvalue weighted by molar-refractivity contribution is 7.89. The molecule has 0 fully saturated rings. The van der Waals surface area contributed by atoms with Gasteiger partial charge in [0.05, 0.1) is 27.8 Å². The van der Waals surface area contributed by atoms with Crippen molar-refractivity contribution in [3.63, 3.8) is 0 Å². The molecule has 0 saturated carbocycles. The van der Waals surface area contributed by atoms with Crippen LogP contribution in [-0.4, -0.2) is 46.3 Å². The van der Waals surface area contributed by atoms with Crippen molar-refractivity contribution in [3.8, 4) is 11.3 Å². The van der Waals surface area contributed by atoms with Crippen molar-refractivity contribution in [2.24, 2.45) is 0 Å². The number of aliphatic carboxylic acids is 1. The molecular formula is C25H27F3N4O7S. The molecule has 0 radical (unpaired) electrons. The fourth-order valence-corrected chi connectivity index (χ4v) is 4.67. The summed E-state index contributed by atoms with van der Waals surface area (Å²) >= 11 is 0. The molecule has 216 valence electrons. The quantitative estimate of drug-likeness (QED) is 0.148. The summed E-state index contributed by atoms with van der Waals surface area (Å²) in [5.41, 5.74) is 1.51. The van der Waals surface area contributed by atoms with Gasteiger partial charge in [0, 0.05) is 18.6 Å². The number of nitro benzene ring substituents is 1. The number of benzene rings is 2. The van der Waals surface area contributed by atoms with Crippen LogP contribution in [0.5, 0.6) is 0 Å². The number of rotatable bonds is 12. The maximum absolute atomic E-state index is 13.0. The lowest BCUT2D eigenvalue weighted by atomic mass is 10.1. The fourth-order valence-electron chi connectivity index (χ4n) is 3.43. The molecule has 0 aliphatic heterocycles.